The minimum atomic E-state index is -0.147. The Morgan fingerprint density at radius 2 is 1.62 bits per heavy atom. The number of nitrogens with one attached hydrogen (secondary N) is 2. The van der Waals surface area contributed by atoms with Gasteiger partial charge in [-0.15, -0.1) is 0 Å². The van der Waals surface area contributed by atoms with Gasteiger partial charge in [0.05, 0.1) is 13.1 Å². The van der Waals surface area contributed by atoms with Gasteiger partial charge in [-0.3, -0.25) is 19.4 Å². The maximum atomic E-state index is 11.9. The molecule has 1 aromatic rings. The van der Waals surface area contributed by atoms with Crippen molar-refractivity contribution in [2.24, 2.45) is 0 Å². The van der Waals surface area contributed by atoms with Gasteiger partial charge in [-0.05, 0) is 19.4 Å². The monoisotopic (exact) mass is 332 g/mol. The van der Waals surface area contributed by atoms with Gasteiger partial charge in [0.1, 0.15) is 0 Å². The normalized spacial score (nSPS) is 16.1. The van der Waals surface area contributed by atoms with E-state index in [4.69, 9.17) is 0 Å². The molecule has 0 aliphatic carbocycles. The molecule has 0 saturated carbocycles. The molecule has 0 unspecified atom stereocenters. The van der Waals surface area contributed by atoms with Gasteiger partial charge in [0.2, 0.25) is 11.8 Å². The topological polar surface area (TPSA) is 64.7 Å². The number of nitrogens with zero attached hydrogens (tertiary/aromatic N) is 2. The van der Waals surface area contributed by atoms with Crippen molar-refractivity contribution >= 4 is 11.8 Å². The summed E-state index contributed by atoms with van der Waals surface area (Å²) in [7, 11) is 0. The SMILES string of the molecule is CC(C)NC(=O)CNC(=O)CN1CCN(Cc2ccccc2)CC1. The van der Waals surface area contributed by atoms with E-state index in [0.29, 0.717) is 6.54 Å². The molecule has 1 fully saturated rings. The molecule has 0 bridgehead atoms. The molecule has 0 spiro atoms. The lowest BCUT2D eigenvalue weighted by Gasteiger charge is -2.34. The zero-order valence-corrected chi connectivity index (χ0v) is 14.6. The molecule has 2 amide bonds. The van der Waals surface area contributed by atoms with Crippen molar-refractivity contribution in [1.82, 2.24) is 20.4 Å². The van der Waals surface area contributed by atoms with Crippen LogP contribution in [0.5, 0.6) is 0 Å². The lowest BCUT2D eigenvalue weighted by atomic mass is 10.2. The molecule has 0 radical (unpaired) electrons. The number of hydrogen-bond donors (Lipinski definition) is 2. The van der Waals surface area contributed by atoms with Crippen molar-refractivity contribution in [3.63, 3.8) is 0 Å². The second-order valence-corrected chi connectivity index (χ2v) is 6.54. The molecule has 0 atom stereocenters. The highest BCUT2D eigenvalue weighted by Crippen LogP contribution is 2.08. The van der Waals surface area contributed by atoms with Crippen LogP contribution in [0.1, 0.15) is 19.4 Å². The summed E-state index contributed by atoms with van der Waals surface area (Å²) in [6.45, 7) is 8.81. The van der Waals surface area contributed by atoms with E-state index in [1.807, 2.05) is 19.9 Å². The van der Waals surface area contributed by atoms with Crippen LogP contribution in [0.15, 0.2) is 30.3 Å². The van der Waals surface area contributed by atoms with Gasteiger partial charge in [0.15, 0.2) is 0 Å². The van der Waals surface area contributed by atoms with Gasteiger partial charge in [0, 0.05) is 38.8 Å². The summed E-state index contributed by atoms with van der Waals surface area (Å²) in [4.78, 5) is 28.0. The first-order chi connectivity index (χ1) is 11.5. The van der Waals surface area contributed by atoms with Crippen molar-refractivity contribution in [2.75, 3.05) is 39.3 Å². The first-order valence-electron chi connectivity index (χ1n) is 8.57. The highest BCUT2D eigenvalue weighted by Gasteiger charge is 2.19. The highest BCUT2D eigenvalue weighted by molar-refractivity contribution is 5.85. The zero-order chi connectivity index (χ0) is 17.4. The summed E-state index contributed by atoms with van der Waals surface area (Å²) in [6, 6.07) is 10.5. The fourth-order valence-electron chi connectivity index (χ4n) is 2.76. The van der Waals surface area contributed by atoms with E-state index in [9.17, 15) is 9.59 Å². The van der Waals surface area contributed by atoms with E-state index < -0.39 is 0 Å². The largest absolute Gasteiger partial charge is 0.352 e. The Morgan fingerprint density at radius 3 is 2.25 bits per heavy atom. The van der Waals surface area contributed by atoms with Gasteiger partial charge in [0.25, 0.3) is 0 Å². The standard InChI is InChI=1S/C18H28N4O2/c1-15(2)20-17(23)12-19-18(24)14-22-10-8-21(9-11-22)13-16-6-4-3-5-7-16/h3-7,15H,8-14H2,1-2H3,(H,19,24)(H,20,23). The molecule has 24 heavy (non-hydrogen) atoms. The van der Waals surface area contributed by atoms with E-state index in [-0.39, 0.29) is 24.4 Å². The van der Waals surface area contributed by atoms with Crippen LogP contribution in [0.2, 0.25) is 0 Å². The summed E-state index contributed by atoms with van der Waals surface area (Å²) in [5.41, 5.74) is 1.32. The molecule has 2 N–H and O–H groups in total. The average Bonchev–Trinajstić information content (AvgIpc) is 2.55. The summed E-state index contributed by atoms with van der Waals surface area (Å²) < 4.78 is 0. The van der Waals surface area contributed by atoms with Gasteiger partial charge in [-0.25, -0.2) is 0 Å². The number of amides is 2. The van der Waals surface area contributed by atoms with Gasteiger partial charge in [-0.1, -0.05) is 30.3 Å². The second kappa shape index (κ2) is 9.39. The Balaban J connectivity index is 1.63. The molecule has 0 aromatic heterocycles. The maximum absolute atomic E-state index is 11.9. The quantitative estimate of drug-likeness (QED) is 0.761. The molecular formula is C18H28N4O2. The number of benzene rings is 1. The zero-order valence-electron chi connectivity index (χ0n) is 14.6. The number of carbonyl (C=O) groups is 2. The van der Waals surface area contributed by atoms with Gasteiger partial charge in [-0.2, -0.15) is 0 Å². The highest BCUT2D eigenvalue weighted by atomic mass is 16.2. The second-order valence-electron chi connectivity index (χ2n) is 6.54. The Bertz CT molecular complexity index is 525. The third-order valence-corrected chi connectivity index (χ3v) is 3.98. The minimum absolute atomic E-state index is 0.0466. The Morgan fingerprint density at radius 1 is 1.00 bits per heavy atom. The molecule has 1 aliphatic rings. The number of hydrogen-bond acceptors (Lipinski definition) is 4. The van der Waals surface area contributed by atoms with E-state index in [1.54, 1.807) is 0 Å². The summed E-state index contributed by atoms with van der Waals surface area (Å²) >= 11 is 0. The lowest BCUT2D eigenvalue weighted by molar-refractivity contribution is -0.127. The Hall–Kier alpha value is -1.92. The predicted octanol–water partition coefficient (Wildman–Crippen LogP) is 0.445. The fraction of sp³-hybridized carbons (Fsp3) is 0.556. The molecule has 1 aromatic carbocycles. The summed E-state index contributed by atoms with van der Waals surface area (Å²) in [6.07, 6.45) is 0. The van der Waals surface area contributed by atoms with Crippen LogP contribution in [-0.2, 0) is 16.1 Å². The van der Waals surface area contributed by atoms with Crippen LogP contribution < -0.4 is 10.6 Å². The van der Waals surface area contributed by atoms with Gasteiger partial charge >= 0.3 is 0 Å². The van der Waals surface area contributed by atoms with E-state index in [0.717, 1.165) is 32.7 Å². The third kappa shape index (κ3) is 6.68. The lowest BCUT2D eigenvalue weighted by Crippen LogP contribution is -2.50. The van der Waals surface area contributed by atoms with Crippen LogP contribution in [0.3, 0.4) is 0 Å². The van der Waals surface area contributed by atoms with Crippen LogP contribution in [0.25, 0.3) is 0 Å². The Labute approximate surface area is 144 Å². The van der Waals surface area contributed by atoms with Crippen LogP contribution >= 0.6 is 0 Å². The maximum Gasteiger partial charge on any atom is 0.239 e. The first-order valence-corrected chi connectivity index (χ1v) is 8.57. The van der Waals surface area contributed by atoms with Crippen LogP contribution in [0, 0.1) is 0 Å². The fourth-order valence-corrected chi connectivity index (χ4v) is 2.76. The van der Waals surface area contributed by atoms with Crippen LogP contribution in [-0.4, -0.2) is 66.9 Å². The number of carbonyl (C=O) groups excluding carboxylic acids is 2. The smallest absolute Gasteiger partial charge is 0.239 e. The van der Waals surface area contributed by atoms with Crippen LogP contribution in [0.4, 0.5) is 0 Å². The van der Waals surface area contributed by atoms with E-state index in [2.05, 4.69) is 44.7 Å². The molecule has 132 valence electrons. The molecule has 6 nitrogen and oxygen atoms in total. The van der Waals surface area contributed by atoms with Crippen molar-refractivity contribution < 1.29 is 9.59 Å². The van der Waals surface area contributed by atoms with E-state index in [1.165, 1.54) is 5.56 Å². The summed E-state index contributed by atoms with van der Waals surface area (Å²) in [5.74, 6) is -0.239. The third-order valence-electron chi connectivity index (χ3n) is 3.98. The number of rotatable bonds is 7. The molecule has 1 saturated heterocycles. The molecule has 1 heterocycles. The average molecular weight is 332 g/mol. The van der Waals surface area contributed by atoms with Crippen molar-refractivity contribution in [3.8, 4) is 0 Å². The first kappa shape index (κ1) is 18.4. The van der Waals surface area contributed by atoms with Crippen molar-refractivity contribution in [1.29, 1.82) is 0 Å². The van der Waals surface area contributed by atoms with Crippen molar-refractivity contribution in [3.05, 3.63) is 35.9 Å². The van der Waals surface area contributed by atoms with Gasteiger partial charge < -0.3 is 10.6 Å². The molecule has 6 heteroatoms. The molecule has 1 aliphatic heterocycles. The molecule has 2 rings (SSSR count). The number of piperazine rings is 1. The predicted molar refractivity (Wildman–Crippen MR) is 94.4 cm³/mol. The summed E-state index contributed by atoms with van der Waals surface area (Å²) in [5, 5.41) is 5.44. The Kier molecular flexibility index (Phi) is 7.21. The molecular weight excluding hydrogens is 304 g/mol. The van der Waals surface area contributed by atoms with E-state index >= 15 is 0 Å². The van der Waals surface area contributed by atoms with Crippen molar-refractivity contribution in [2.45, 2.75) is 26.4 Å². The minimum Gasteiger partial charge on any atom is -0.352 e.